The second-order valence-corrected chi connectivity index (χ2v) is 8.98. The van der Waals surface area contributed by atoms with Crippen LogP contribution in [0.1, 0.15) is 54.3 Å². The van der Waals surface area contributed by atoms with Crippen molar-refractivity contribution in [2.45, 2.75) is 33.6 Å². The summed E-state index contributed by atoms with van der Waals surface area (Å²) < 4.78 is 0. The van der Waals surface area contributed by atoms with Crippen LogP contribution < -0.4 is 0 Å². The molecule has 2 aromatic rings. The van der Waals surface area contributed by atoms with Crippen LogP contribution in [0.5, 0.6) is 0 Å². The van der Waals surface area contributed by atoms with Gasteiger partial charge < -0.3 is 0 Å². The maximum absolute atomic E-state index is 13.5. The molecule has 0 radical (unpaired) electrons. The van der Waals surface area contributed by atoms with Crippen molar-refractivity contribution in [2.24, 2.45) is 16.7 Å². The van der Waals surface area contributed by atoms with Crippen molar-refractivity contribution in [2.75, 3.05) is 0 Å². The number of rotatable bonds is 4. The molecule has 28 heavy (non-hydrogen) atoms. The zero-order valence-electron chi connectivity index (χ0n) is 16.5. The minimum Gasteiger partial charge on any atom is -0.299 e. The molecule has 2 bridgehead atoms. The summed E-state index contributed by atoms with van der Waals surface area (Å²) in [6.07, 6.45) is 1.04. The Kier molecular flexibility index (Phi) is 4.22. The fourth-order valence-corrected chi connectivity index (χ4v) is 5.41. The van der Waals surface area contributed by atoms with Crippen LogP contribution in [0.15, 0.2) is 71.8 Å². The molecular formula is C25H24O3. The molecule has 1 saturated carbocycles. The number of carbonyl (C=O) groups excluding carboxylic acids is 3. The van der Waals surface area contributed by atoms with E-state index in [-0.39, 0.29) is 22.8 Å². The van der Waals surface area contributed by atoms with Gasteiger partial charge in [0, 0.05) is 34.1 Å². The SMILES string of the molecule is CC1(C)C[C@@]2(C)CC(=O)[C@H]1C(C(=O)c1ccccc1)=C2C(=O)c1ccccc1. The maximum Gasteiger partial charge on any atom is 0.190 e. The molecular weight excluding hydrogens is 348 g/mol. The van der Waals surface area contributed by atoms with E-state index < -0.39 is 11.3 Å². The van der Waals surface area contributed by atoms with Gasteiger partial charge in [0.1, 0.15) is 5.78 Å². The van der Waals surface area contributed by atoms with Gasteiger partial charge in [0.05, 0.1) is 5.92 Å². The van der Waals surface area contributed by atoms with Gasteiger partial charge in [-0.25, -0.2) is 0 Å². The van der Waals surface area contributed by atoms with Gasteiger partial charge in [0.2, 0.25) is 0 Å². The first kappa shape index (κ1) is 18.5. The van der Waals surface area contributed by atoms with Crippen molar-refractivity contribution in [3.63, 3.8) is 0 Å². The monoisotopic (exact) mass is 372 g/mol. The van der Waals surface area contributed by atoms with Crippen LogP contribution in [-0.2, 0) is 4.79 Å². The summed E-state index contributed by atoms with van der Waals surface area (Å²) in [5, 5.41) is 0. The maximum atomic E-state index is 13.5. The van der Waals surface area contributed by atoms with E-state index in [1.54, 1.807) is 24.3 Å². The third-order valence-electron chi connectivity index (χ3n) is 6.22. The van der Waals surface area contributed by atoms with Crippen molar-refractivity contribution >= 4 is 17.3 Å². The minimum absolute atomic E-state index is 0.0719. The third kappa shape index (κ3) is 2.77. The highest BCUT2D eigenvalue weighted by atomic mass is 16.1. The number of benzene rings is 2. The molecule has 3 aliphatic rings. The predicted molar refractivity (Wildman–Crippen MR) is 108 cm³/mol. The lowest BCUT2D eigenvalue weighted by Gasteiger charge is -2.54. The summed E-state index contributed by atoms with van der Waals surface area (Å²) in [7, 11) is 0. The molecule has 0 aromatic heterocycles. The Morgan fingerprint density at radius 3 is 1.82 bits per heavy atom. The lowest BCUT2D eigenvalue weighted by molar-refractivity contribution is -0.133. The van der Waals surface area contributed by atoms with E-state index in [2.05, 4.69) is 0 Å². The van der Waals surface area contributed by atoms with Crippen molar-refractivity contribution in [1.82, 2.24) is 0 Å². The molecule has 3 heteroatoms. The zero-order valence-corrected chi connectivity index (χ0v) is 16.5. The first-order valence-electron chi connectivity index (χ1n) is 9.71. The van der Waals surface area contributed by atoms with Crippen molar-refractivity contribution < 1.29 is 14.4 Å². The Bertz CT molecular complexity index is 999. The van der Waals surface area contributed by atoms with Crippen molar-refractivity contribution in [1.29, 1.82) is 0 Å². The lowest BCUT2D eigenvalue weighted by atomic mass is 9.47. The van der Waals surface area contributed by atoms with E-state index in [0.29, 0.717) is 28.7 Å². The van der Waals surface area contributed by atoms with E-state index in [4.69, 9.17) is 0 Å². The summed E-state index contributed by atoms with van der Waals surface area (Å²) in [5.41, 5.74) is 1.06. The number of hydrogen-bond acceptors (Lipinski definition) is 3. The van der Waals surface area contributed by atoms with Crippen LogP contribution in [0.3, 0.4) is 0 Å². The number of carbonyl (C=O) groups is 3. The second kappa shape index (κ2) is 6.37. The first-order chi connectivity index (χ1) is 13.2. The number of hydrogen-bond donors (Lipinski definition) is 0. The van der Waals surface area contributed by atoms with E-state index >= 15 is 0 Å². The normalized spacial score (nSPS) is 25.7. The van der Waals surface area contributed by atoms with Crippen LogP contribution in [0.2, 0.25) is 0 Å². The molecule has 0 saturated heterocycles. The lowest BCUT2D eigenvalue weighted by Crippen LogP contribution is -2.53. The molecule has 0 unspecified atom stereocenters. The van der Waals surface area contributed by atoms with Gasteiger partial charge in [-0.05, 0) is 11.8 Å². The zero-order chi connectivity index (χ0) is 20.1. The highest BCUT2D eigenvalue weighted by Gasteiger charge is 2.59. The molecule has 3 nitrogen and oxygen atoms in total. The molecule has 0 heterocycles. The fraction of sp³-hybridized carbons (Fsp3) is 0.320. The van der Waals surface area contributed by atoms with Gasteiger partial charge >= 0.3 is 0 Å². The smallest absolute Gasteiger partial charge is 0.190 e. The third-order valence-corrected chi connectivity index (χ3v) is 6.22. The molecule has 1 fully saturated rings. The standard InChI is InChI=1S/C25H24O3/c1-24(2)15-25(3)14-18(26)20(24)19(22(27)16-10-6-4-7-11-16)21(25)23(28)17-12-8-5-9-13-17/h4-13,20H,14-15H2,1-3H3/t20-,25+/m0/s1. The molecule has 2 aromatic carbocycles. The first-order valence-corrected chi connectivity index (χ1v) is 9.71. The van der Waals surface area contributed by atoms with E-state index in [0.717, 1.165) is 6.42 Å². The minimum atomic E-state index is -0.623. The molecule has 0 N–H and O–H groups in total. The Morgan fingerprint density at radius 2 is 1.32 bits per heavy atom. The van der Waals surface area contributed by atoms with Gasteiger partial charge in [-0.3, -0.25) is 14.4 Å². The number of ketones is 3. The average Bonchev–Trinajstić information content (AvgIpc) is 2.66. The number of Topliss-reactive ketones (excluding diaryl/α,β-unsaturated/α-hetero) is 3. The Hall–Kier alpha value is -2.81. The van der Waals surface area contributed by atoms with Crippen LogP contribution in [0, 0.1) is 16.7 Å². The van der Waals surface area contributed by atoms with Crippen LogP contribution >= 0.6 is 0 Å². The highest BCUT2D eigenvalue weighted by Crippen LogP contribution is 2.60. The fourth-order valence-electron chi connectivity index (χ4n) is 5.41. The van der Waals surface area contributed by atoms with E-state index in [1.807, 2.05) is 57.2 Å². The van der Waals surface area contributed by atoms with Crippen LogP contribution in [-0.4, -0.2) is 17.3 Å². The molecule has 5 rings (SSSR count). The van der Waals surface area contributed by atoms with Crippen LogP contribution in [0.4, 0.5) is 0 Å². The second-order valence-electron chi connectivity index (χ2n) is 8.98. The summed E-state index contributed by atoms with van der Waals surface area (Å²) >= 11 is 0. The number of fused-ring (bicyclic) bond motifs is 2. The molecule has 142 valence electrons. The number of allylic oxidation sites excluding steroid dienone is 2. The van der Waals surface area contributed by atoms with Gasteiger partial charge in [-0.1, -0.05) is 81.4 Å². The van der Waals surface area contributed by atoms with Gasteiger partial charge in [0.25, 0.3) is 0 Å². The topological polar surface area (TPSA) is 51.2 Å². The molecule has 2 atom stereocenters. The van der Waals surface area contributed by atoms with Crippen LogP contribution in [0.25, 0.3) is 0 Å². The van der Waals surface area contributed by atoms with E-state index in [9.17, 15) is 14.4 Å². The summed E-state index contributed by atoms with van der Waals surface area (Å²) in [6.45, 7) is 6.04. The predicted octanol–water partition coefficient (Wildman–Crippen LogP) is 5.07. The van der Waals surface area contributed by atoms with Gasteiger partial charge in [-0.2, -0.15) is 0 Å². The summed E-state index contributed by atoms with van der Waals surface area (Å²) in [5.74, 6) is -0.792. The molecule has 0 aliphatic heterocycles. The molecule has 0 spiro atoms. The summed E-state index contributed by atoms with van der Waals surface area (Å²) in [4.78, 5) is 40.1. The van der Waals surface area contributed by atoms with Crippen molar-refractivity contribution in [3.8, 4) is 0 Å². The van der Waals surface area contributed by atoms with E-state index in [1.165, 1.54) is 0 Å². The summed E-state index contributed by atoms with van der Waals surface area (Å²) in [6, 6.07) is 18.0. The van der Waals surface area contributed by atoms with Gasteiger partial charge in [-0.15, -0.1) is 0 Å². The quantitative estimate of drug-likeness (QED) is 0.704. The Balaban J connectivity index is 1.98. The van der Waals surface area contributed by atoms with Crippen molar-refractivity contribution in [3.05, 3.63) is 82.9 Å². The largest absolute Gasteiger partial charge is 0.299 e. The average molecular weight is 372 g/mol. The van der Waals surface area contributed by atoms with Gasteiger partial charge in [0.15, 0.2) is 11.6 Å². The highest BCUT2D eigenvalue weighted by molar-refractivity contribution is 6.22. The molecule has 0 amide bonds. The Morgan fingerprint density at radius 1 is 0.821 bits per heavy atom. The molecule has 3 aliphatic carbocycles. The Labute approximate surface area is 165 Å².